The first-order valence-corrected chi connectivity index (χ1v) is 9.60. The summed E-state index contributed by atoms with van der Waals surface area (Å²) < 4.78 is 2.04. The zero-order valence-electron chi connectivity index (χ0n) is 16.3. The zero-order valence-corrected chi connectivity index (χ0v) is 16.3. The minimum atomic E-state index is 0.00761. The minimum Gasteiger partial charge on any atom is -0.337 e. The Labute approximate surface area is 161 Å². The molecule has 1 aliphatic rings. The van der Waals surface area contributed by atoms with Crippen molar-refractivity contribution in [3.63, 3.8) is 0 Å². The molecule has 0 aliphatic carbocycles. The van der Waals surface area contributed by atoms with Crippen LogP contribution in [0.1, 0.15) is 25.3 Å². The predicted molar refractivity (Wildman–Crippen MR) is 105 cm³/mol. The van der Waals surface area contributed by atoms with Crippen LogP contribution in [0.4, 0.5) is 4.79 Å². The standard InChI is InChI=1S/C20H30N6O/c1-20(6-12-24(2)16-20)15-23-19(27)26(14-18-4-7-21-8-5-18)11-3-10-25-13-9-22-17-25/h4-5,7-9,13,17H,3,6,10-12,14-16H2,1-2H3,(H,23,27). The lowest BCUT2D eigenvalue weighted by atomic mass is 9.90. The smallest absolute Gasteiger partial charge is 0.317 e. The number of aryl methyl sites for hydroxylation is 1. The third kappa shape index (κ3) is 5.79. The van der Waals surface area contributed by atoms with Crippen molar-refractivity contribution in [2.75, 3.05) is 33.2 Å². The number of pyridine rings is 1. The first kappa shape index (κ1) is 19.4. The molecule has 0 radical (unpaired) electrons. The van der Waals surface area contributed by atoms with Crippen LogP contribution < -0.4 is 5.32 Å². The van der Waals surface area contributed by atoms with Crippen molar-refractivity contribution in [3.8, 4) is 0 Å². The molecule has 7 heteroatoms. The number of urea groups is 1. The van der Waals surface area contributed by atoms with Gasteiger partial charge in [0.25, 0.3) is 0 Å². The Morgan fingerprint density at radius 2 is 2.11 bits per heavy atom. The lowest BCUT2D eigenvalue weighted by Gasteiger charge is -2.28. The Morgan fingerprint density at radius 3 is 2.78 bits per heavy atom. The molecule has 3 heterocycles. The van der Waals surface area contributed by atoms with Gasteiger partial charge in [0.2, 0.25) is 0 Å². The summed E-state index contributed by atoms with van der Waals surface area (Å²) in [5.41, 5.74) is 1.25. The van der Waals surface area contributed by atoms with Gasteiger partial charge in [-0.3, -0.25) is 4.98 Å². The number of carbonyl (C=O) groups excluding carboxylic acids is 1. The molecule has 146 valence electrons. The summed E-state index contributed by atoms with van der Waals surface area (Å²) in [7, 11) is 2.14. The number of likely N-dealkylation sites (tertiary alicyclic amines) is 1. The molecule has 0 bridgehead atoms. The summed E-state index contributed by atoms with van der Waals surface area (Å²) in [6.07, 6.45) is 11.1. The van der Waals surface area contributed by atoms with Gasteiger partial charge in [0.1, 0.15) is 0 Å². The first-order valence-electron chi connectivity index (χ1n) is 9.60. The number of rotatable bonds is 8. The maximum Gasteiger partial charge on any atom is 0.317 e. The van der Waals surface area contributed by atoms with E-state index < -0.39 is 0 Å². The second-order valence-corrected chi connectivity index (χ2v) is 7.89. The van der Waals surface area contributed by atoms with Gasteiger partial charge in [-0.25, -0.2) is 9.78 Å². The number of carbonyl (C=O) groups is 1. The van der Waals surface area contributed by atoms with E-state index in [9.17, 15) is 4.79 Å². The highest BCUT2D eigenvalue weighted by molar-refractivity contribution is 5.74. The average Bonchev–Trinajstić information content (AvgIpc) is 3.30. The maximum atomic E-state index is 12.9. The quantitative estimate of drug-likeness (QED) is 0.774. The largest absolute Gasteiger partial charge is 0.337 e. The SMILES string of the molecule is CN1CCC(C)(CNC(=O)N(CCCn2ccnc2)Cc2ccncc2)C1. The van der Waals surface area contributed by atoms with E-state index in [-0.39, 0.29) is 11.4 Å². The Hall–Kier alpha value is -2.41. The molecule has 1 atom stereocenters. The Bertz CT molecular complexity index is 705. The van der Waals surface area contributed by atoms with Crippen molar-refractivity contribution >= 4 is 6.03 Å². The molecule has 2 aromatic rings. The predicted octanol–water partition coefficient (Wildman–Crippen LogP) is 2.22. The number of nitrogens with one attached hydrogen (secondary N) is 1. The highest BCUT2D eigenvalue weighted by Gasteiger charge is 2.32. The van der Waals surface area contributed by atoms with Crippen molar-refractivity contribution in [2.45, 2.75) is 32.9 Å². The fourth-order valence-electron chi connectivity index (χ4n) is 3.64. The van der Waals surface area contributed by atoms with Gasteiger partial charge in [-0.05, 0) is 49.5 Å². The third-order valence-corrected chi connectivity index (χ3v) is 5.23. The minimum absolute atomic E-state index is 0.00761. The van der Waals surface area contributed by atoms with E-state index >= 15 is 0 Å². The highest BCUT2D eigenvalue weighted by atomic mass is 16.2. The Morgan fingerprint density at radius 1 is 1.30 bits per heavy atom. The molecule has 1 saturated heterocycles. The van der Waals surface area contributed by atoms with E-state index in [2.05, 4.69) is 34.2 Å². The fraction of sp³-hybridized carbons (Fsp3) is 0.550. The van der Waals surface area contributed by atoms with Crippen molar-refractivity contribution in [2.24, 2.45) is 5.41 Å². The molecule has 1 unspecified atom stereocenters. The van der Waals surface area contributed by atoms with Crippen molar-refractivity contribution < 1.29 is 4.79 Å². The van der Waals surface area contributed by atoms with Crippen LogP contribution in [0.3, 0.4) is 0 Å². The summed E-state index contributed by atoms with van der Waals surface area (Å²) in [4.78, 5) is 25.2. The molecular formula is C20H30N6O. The normalized spacial score (nSPS) is 19.9. The summed E-state index contributed by atoms with van der Waals surface area (Å²) in [6, 6.07) is 3.93. The van der Waals surface area contributed by atoms with E-state index in [0.717, 1.165) is 38.0 Å². The van der Waals surface area contributed by atoms with Crippen molar-refractivity contribution in [1.82, 2.24) is 29.7 Å². The molecule has 0 spiro atoms. The third-order valence-electron chi connectivity index (χ3n) is 5.23. The molecular weight excluding hydrogens is 340 g/mol. The number of amides is 2. The van der Waals surface area contributed by atoms with E-state index in [4.69, 9.17) is 0 Å². The van der Waals surface area contributed by atoms with Crippen LogP contribution >= 0.6 is 0 Å². The molecule has 2 amide bonds. The van der Waals surface area contributed by atoms with E-state index in [1.54, 1.807) is 18.6 Å². The number of aromatic nitrogens is 3. The maximum absolute atomic E-state index is 12.9. The second-order valence-electron chi connectivity index (χ2n) is 7.89. The summed E-state index contributed by atoms with van der Waals surface area (Å²) >= 11 is 0. The summed E-state index contributed by atoms with van der Waals surface area (Å²) in [6.45, 7) is 7.23. The number of hydrogen-bond acceptors (Lipinski definition) is 4. The van der Waals surface area contributed by atoms with Crippen molar-refractivity contribution in [1.29, 1.82) is 0 Å². The van der Waals surface area contributed by atoms with Crippen LogP contribution in [-0.4, -0.2) is 63.6 Å². The van der Waals surface area contributed by atoms with Crippen molar-refractivity contribution in [3.05, 3.63) is 48.8 Å². The van der Waals surface area contributed by atoms with E-state index in [1.807, 2.05) is 34.1 Å². The van der Waals surface area contributed by atoms with Gasteiger partial charge in [-0.2, -0.15) is 0 Å². The van der Waals surface area contributed by atoms with Crippen LogP contribution in [-0.2, 0) is 13.1 Å². The monoisotopic (exact) mass is 370 g/mol. The molecule has 2 aromatic heterocycles. The zero-order chi connectivity index (χ0) is 19.1. The van der Waals surface area contributed by atoms with Gasteiger partial charge in [-0.15, -0.1) is 0 Å². The first-order chi connectivity index (χ1) is 13.0. The second kappa shape index (κ2) is 8.99. The van der Waals surface area contributed by atoms with Gasteiger partial charge in [0.05, 0.1) is 6.33 Å². The van der Waals surface area contributed by atoms with Crippen LogP contribution in [0.2, 0.25) is 0 Å². The fourth-order valence-corrected chi connectivity index (χ4v) is 3.64. The number of imidazole rings is 1. The van der Waals surface area contributed by atoms with Gasteiger partial charge in [0, 0.05) is 57.5 Å². The summed E-state index contributed by atoms with van der Waals surface area (Å²) in [5.74, 6) is 0. The highest BCUT2D eigenvalue weighted by Crippen LogP contribution is 2.27. The summed E-state index contributed by atoms with van der Waals surface area (Å²) in [5, 5.41) is 3.18. The molecule has 1 N–H and O–H groups in total. The Balaban J connectivity index is 1.56. The molecule has 1 aliphatic heterocycles. The lowest BCUT2D eigenvalue weighted by Crippen LogP contribution is -2.45. The lowest BCUT2D eigenvalue weighted by molar-refractivity contribution is 0.186. The van der Waals surface area contributed by atoms with Crippen LogP contribution in [0.15, 0.2) is 43.2 Å². The molecule has 27 heavy (non-hydrogen) atoms. The Kier molecular flexibility index (Phi) is 6.45. The van der Waals surface area contributed by atoms with E-state index in [1.165, 1.54) is 0 Å². The van der Waals surface area contributed by atoms with Crippen LogP contribution in [0.25, 0.3) is 0 Å². The van der Waals surface area contributed by atoms with Gasteiger partial charge in [-0.1, -0.05) is 6.92 Å². The molecule has 0 aromatic carbocycles. The van der Waals surface area contributed by atoms with Gasteiger partial charge >= 0.3 is 6.03 Å². The number of nitrogens with zero attached hydrogens (tertiary/aromatic N) is 5. The van der Waals surface area contributed by atoms with Crippen LogP contribution in [0.5, 0.6) is 0 Å². The number of hydrogen-bond donors (Lipinski definition) is 1. The van der Waals surface area contributed by atoms with Gasteiger partial charge in [0.15, 0.2) is 0 Å². The molecule has 1 fully saturated rings. The topological polar surface area (TPSA) is 66.3 Å². The molecule has 0 saturated carbocycles. The molecule has 7 nitrogen and oxygen atoms in total. The average molecular weight is 371 g/mol. The molecule has 3 rings (SSSR count). The van der Waals surface area contributed by atoms with Crippen LogP contribution in [0, 0.1) is 5.41 Å². The van der Waals surface area contributed by atoms with E-state index in [0.29, 0.717) is 19.6 Å². The van der Waals surface area contributed by atoms with Gasteiger partial charge < -0.3 is 19.7 Å².